The minimum Gasteiger partial charge on any atom is -0.335 e. The summed E-state index contributed by atoms with van der Waals surface area (Å²) in [6.07, 6.45) is 0. The second-order valence-corrected chi connectivity index (χ2v) is 9.59. The van der Waals surface area contributed by atoms with Crippen molar-refractivity contribution in [2.75, 3.05) is 26.2 Å². The molecular weight excluding hydrogens is 454 g/mol. The molecule has 6 heteroatoms. The van der Waals surface area contributed by atoms with Crippen LogP contribution >= 0.6 is 15.9 Å². The van der Waals surface area contributed by atoms with Gasteiger partial charge in [0.25, 0.3) is 11.8 Å². The molecule has 0 radical (unpaired) electrons. The Morgan fingerprint density at radius 1 is 0.903 bits per heavy atom. The molecule has 3 aliphatic heterocycles. The normalized spacial score (nSPS) is 19.5. The van der Waals surface area contributed by atoms with Crippen molar-refractivity contribution in [2.45, 2.75) is 18.6 Å². The topological polar surface area (TPSA) is 43.9 Å². The van der Waals surface area contributed by atoms with E-state index in [2.05, 4.69) is 20.8 Å². The number of fused-ring (bicyclic) bond motifs is 2. The van der Waals surface area contributed by atoms with Gasteiger partial charge in [-0.1, -0.05) is 52.3 Å². The third kappa shape index (κ3) is 3.08. The number of amides is 2. The molecule has 3 aliphatic rings. The molecule has 0 N–H and O–H groups in total. The van der Waals surface area contributed by atoms with E-state index in [1.807, 2.05) is 70.5 Å². The van der Waals surface area contributed by atoms with E-state index >= 15 is 0 Å². The van der Waals surface area contributed by atoms with Gasteiger partial charge in [0.05, 0.1) is 6.04 Å². The SMILES string of the molecule is O=C(c1ccc2c(Br)cccc2c1)N1CC(N2CC(N3Cc4ccccc4C3=O)C2)C1. The van der Waals surface area contributed by atoms with Gasteiger partial charge in [0.2, 0.25) is 0 Å². The standard InChI is InChI=1S/C25H22BrN3O2/c26-23-7-3-5-16-10-17(8-9-21(16)23)24(30)28-12-19(13-28)27-14-20(15-27)29-11-18-4-1-2-6-22(18)25(29)31/h1-10,19-20H,11-15H2. The molecule has 0 atom stereocenters. The molecule has 5 nitrogen and oxygen atoms in total. The predicted octanol–water partition coefficient (Wildman–Crippen LogP) is 3.77. The molecular formula is C25H22BrN3O2. The molecule has 0 saturated carbocycles. The summed E-state index contributed by atoms with van der Waals surface area (Å²) in [6, 6.07) is 20.5. The Hall–Kier alpha value is -2.70. The molecule has 156 valence electrons. The monoisotopic (exact) mass is 475 g/mol. The highest BCUT2D eigenvalue weighted by atomic mass is 79.9. The van der Waals surface area contributed by atoms with E-state index in [1.54, 1.807) is 0 Å². The van der Waals surface area contributed by atoms with Gasteiger partial charge in [-0.3, -0.25) is 14.5 Å². The summed E-state index contributed by atoms with van der Waals surface area (Å²) in [7, 11) is 0. The van der Waals surface area contributed by atoms with Gasteiger partial charge in [0.1, 0.15) is 0 Å². The third-order valence-electron chi connectivity index (χ3n) is 6.92. The first kappa shape index (κ1) is 19.0. The molecule has 2 amide bonds. The Morgan fingerprint density at radius 2 is 1.71 bits per heavy atom. The Kier molecular flexibility index (Phi) is 4.40. The van der Waals surface area contributed by atoms with Crippen molar-refractivity contribution in [1.82, 2.24) is 14.7 Å². The van der Waals surface area contributed by atoms with Gasteiger partial charge in [-0.2, -0.15) is 0 Å². The van der Waals surface area contributed by atoms with Crippen molar-refractivity contribution >= 4 is 38.5 Å². The fourth-order valence-electron chi connectivity index (χ4n) is 4.97. The molecule has 0 aromatic heterocycles. The number of carbonyl (C=O) groups excluding carboxylic acids is 2. The molecule has 0 spiro atoms. The minimum absolute atomic E-state index is 0.0976. The Morgan fingerprint density at radius 3 is 2.52 bits per heavy atom. The summed E-state index contributed by atoms with van der Waals surface area (Å²) in [5, 5.41) is 2.19. The maximum Gasteiger partial charge on any atom is 0.254 e. The molecule has 3 aromatic carbocycles. The second-order valence-electron chi connectivity index (χ2n) is 8.74. The number of hydrogen-bond acceptors (Lipinski definition) is 3. The molecule has 0 aliphatic carbocycles. The highest BCUT2D eigenvalue weighted by Crippen LogP contribution is 2.31. The lowest BCUT2D eigenvalue weighted by Gasteiger charge is -2.53. The lowest BCUT2D eigenvalue weighted by molar-refractivity contribution is -0.0364. The number of likely N-dealkylation sites (tertiary alicyclic amines) is 2. The fraction of sp³-hybridized carbons (Fsp3) is 0.280. The lowest BCUT2D eigenvalue weighted by Crippen LogP contribution is -2.70. The average molecular weight is 476 g/mol. The lowest BCUT2D eigenvalue weighted by atomic mass is 9.97. The average Bonchev–Trinajstić information content (AvgIpc) is 3.04. The first-order valence-corrected chi connectivity index (χ1v) is 11.5. The molecule has 3 aromatic rings. The van der Waals surface area contributed by atoms with Crippen LogP contribution in [0.1, 0.15) is 26.3 Å². The number of rotatable bonds is 3. The summed E-state index contributed by atoms with van der Waals surface area (Å²) >= 11 is 3.57. The maximum atomic E-state index is 12.9. The van der Waals surface area contributed by atoms with E-state index in [0.717, 1.165) is 64.7 Å². The van der Waals surface area contributed by atoms with Crippen molar-refractivity contribution < 1.29 is 9.59 Å². The first-order chi connectivity index (χ1) is 15.1. The van der Waals surface area contributed by atoms with Crippen LogP contribution in [0.25, 0.3) is 10.8 Å². The zero-order valence-corrected chi connectivity index (χ0v) is 18.6. The smallest absolute Gasteiger partial charge is 0.254 e. The molecule has 6 rings (SSSR count). The van der Waals surface area contributed by atoms with E-state index in [-0.39, 0.29) is 17.9 Å². The predicted molar refractivity (Wildman–Crippen MR) is 123 cm³/mol. The summed E-state index contributed by atoms with van der Waals surface area (Å²) in [6.45, 7) is 4.04. The van der Waals surface area contributed by atoms with Gasteiger partial charge in [-0.05, 0) is 40.6 Å². The summed E-state index contributed by atoms with van der Waals surface area (Å²) < 4.78 is 1.04. The maximum absolute atomic E-state index is 12.9. The second kappa shape index (κ2) is 7.18. The van der Waals surface area contributed by atoms with Crippen LogP contribution in [0, 0.1) is 0 Å². The van der Waals surface area contributed by atoms with Crippen LogP contribution in [0.2, 0.25) is 0 Å². The Balaban J connectivity index is 1.05. The quantitative estimate of drug-likeness (QED) is 0.579. The summed E-state index contributed by atoms with van der Waals surface area (Å²) in [5.41, 5.74) is 2.73. The number of nitrogens with zero attached hydrogens (tertiary/aromatic N) is 3. The van der Waals surface area contributed by atoms with E-state index in [9.17, 15) is 9.59 Å². The molecule has 2 fully saturated rings. The zero-order valence-electron chi connectivity index (χ0n) is 17.0. The largest absolute Gasteiger partial charge is 0.335 e. The van der Waals surface area contributed by atoms with Crippen molar-refractivity contribution in [1.29, 1.82) is 0 Å². The van der Waals surface area contributed by atoms with Crippen molar-refractivity contribution in [3.05, 3.63) is 81.8 Å². The number of benzene rings is 3. The molecule has 0 unspecified atom stereocenters. The molecule has 0 bridgehead atoms. The van der Waals surface area contributed by atoms with E-state index in [1.165, 1.54) is 0 Å². The van der Waals surface area contributed by atoms with Gasteiger partial charge < -0.3 is 9.80 Å². The van der Waals surface area contributed by atoms with E-state index in [0.29, 0.717) is 6.04 Å². The van der Waals surface area contributed by atoms with E-state index < -0.39 is 0 Å². The van der Waals surface area contributed by atoms with Crippen LogP contribution in [0.4, 0.5) is 0 Å². The first-order valence-electron chi connectivity index (χ1n) is 10.7. The highest BCUT2D eigenvalue weighted by Gasteiger charge is 2.45. The third-order valence-corrected chi connectivity index (χ3v) is 7.61. The fourth-order valence-corrected chi connectivity index (χ4v) is 5.48. The highest BCUT2D eigenvalue weighted by molar-refractivity contribution is 9.10. The van der Waals surface area contributed by atoms with E-state index in [4.69, 9.17) is 0 Å². The zero-order chi connectivity index (χ0) is 21.1. The van der Waals surface area contributed by atoms with Crippen molar-refractivity contribution in [3.63, 3.8) is 0 Å². The van der Waals surface area contributed by atoms with Gasteiger partial charge in [0.15, 0.2) is 0 Å². The van der Waals surface area contributed by atoms with Crippen LogP contribution in [0.15, 0.2) is 65.1 Å². The van der Waals surface area contributed by atoms with Gasteiger partial charge in [-0.15, -0.1) is 0 Å². The minimum atomic E-state index is 0.0976. The van der Waals surface area contributed by atoms with Gasteiger partial charge in [0, 0.05) is 54.4 Å². The van der Waals surface area contributed by atoms with Gasteiger partial charge in [-0.25, -0.2) is 0 Å². The molecule has 2 saturated heterocycles. The van der Waals surface area contributed by atoms with Crippen LogP contribution < -0.4 is 0 Å². The number of hydrogen-bond donors (Lipinski definition) is 0. The van der Waals surface area contributed by atoms with Crippen LogP contribution in [-0.2, 0) is 6.54 Å². The molecule has 31 heavy (non-hydrogen) atoms. The van der Waals surface area contributed by atoms with Crippen molar-refractivity contribution in [2.24, 2.45) is 0 Å². The summed E-state index contributed by atoms with van der Waals surface area (Å²) in [5.74, 6) is 0.258. The van der Waals surface area contributed by atoms with Gasteiger partial charge >= 0.3 is 0 Å². The van der Waals surface area contributed by atoms with Crippen LogP contribution in [0.5, 0.6) is 0 Å². The number of carbonyl (C=O) groups is 2. The molecule has 3 heterocycles. The Bertz CT molecular complexity index is 1210. The Labute approximate surface area is 189 Å². The number of halogens is 1. The summed E-state index contributed by atoms with van der Waals surface area (Å²) in [4.78, 5) is 31.9. The van der Waals surface area contributed by atoms with Crippen LogP contribution in [0.3, 0.4) is 0 Å². The van der Waals surface area contributed by atoms with Crippen molar-refractivity contribution in [3.8, 4) is 0 Å². The van der Waals surface area contributed by atoms with Crippen LogP contribution in [-0.4, -0.2) is 64.8 Å².